The number of likely N-dealkylation sites (N-methyl/N-ethyl adjacent to an activating group) is 1. The minimum atomic E-state index is 0.446. The van der Waals surface area contributed by atoms with Crippen LogP contribution >= 0.6 is 0 Å². The molecule has 0 bridgehead atoms. The lowest BCUT2D eigenvalue weighted by atomic mass is 9.72. The fourth-order valence-electron chi connectivity index (χ4n) is 3.19. The van der Waals surface area contributed by atoms with Crippen LogP contribution in [0.4, 0.5) is 0 Å². The van der Waals surface area contributed by atoms with E-state index in [0.717, 1.165) is 12.2 Å². The topological polar surface area (TPSA) is 29.9 Å². The molecule has 1 fully saturated rings. The standard InChI is InChI=1S/C15H27N3/c1-6-16-13-7-8-15(4,5)9-14(13)18-10-17-11(2)12(18)3/h10,13-14,16H,6-9H2,1-5H3. The molecule has 3 heteroatoms. The number of hydrogen-bond acceptors (Lipinski definition) is 2. The highest BCUT2D eigenvalue weighted by Gasteiger charge is 2.35. The molecule has 3 nitrogen and oxygen atoms in total. The van der Waals surface area contributed by atoms with Crippen molar-refractivity contribution in [3.8, 4) is 0 Å². The van der Waals surface area contributed by atoms with Gasteiger partial charge in [-0.1, -0.05) is 20.8 Å². The number of imidazole rings is 1. The van der Waals surface area contributed by atoms with E-state index >= 15 is 0 Å². The van der Waals surface area contributed by atoms with Crippen molar-refractivity contribution in [1.29, 1.82) is 0 Å². The third kappa shape index (κ3) is 2.61. The van der Waals surface area contributed by atoms with Crippen LogP contribution in [-0.2, 0) is 0 Å². The van der Waals surface area contributed by atoms with E-state index in [1.165, 1.54) is 25.0 Å². The summed E-state index contributed by atoms with van der Waals surface area (Å²) in [6.45, 7) is 12.3. The first-order valence-corrected chi connectivity index (χ1v) is 7.18. The second-order valence-electron chi connectivity index (χ2n) is 6.46. The predicted molar refractivity (Wildman–Crippen MR) is 75.8 cm³/mol. The summed E-state index contributed by atoms with van der Waals surface area (Å²) in [5.74, 6) is 0. The Hall–Kier alpha value is -0.830. The number of aromatic nitrogens is 2. The second kappa shape index (κ2) is 5.04. The summed E-state index contributed by atoms with van der Waals surface area (Å²) in [6, 6.07) is 1.14. The van der Waals surface area contributed by atoms with E-state index in [1.807, 2.05) is 6.33 Å². The van der Waals surface area contributed by atoms with Crippen LogP contribution in [0.5, 0.6) is 0 Å². The van der Waals surface area contributed by atoms with Crippen LogP contribution in [0.2, 0.25) is 0 Å². The number of nitrogens with zero attached hydrogens (tertiary/aromatic N) is 2. The quantitative estimate of drug-likeness (QED) is 0.891. The zero-order valence-electron chi connectivity index (χ0n) is 12.5. The van der Waals surface area contributed by atoms with E-state index in [0.29, 0.717) is 17.5 Å². The van der Waals surface area contributed by atoms with E-state index in [-0.39, 0.29) is 0 Å². The zero-order chi connectivity index (χ0) is 13.3. The average molecular weight is 249 g/mol. The highest BCUT2D eigenvalue weighted by atomic mass is 15.1. The fraction of sp³-hybridized carbons (Fsp3) is 0.800. The molecule has 0 amide bonds. The summed E-state index contributed by atoms with van der Waals surface area (Å²) in [6.07, 6.45) is 5.85. The van der Waals surface area contributed by atoms with E-state index in [1.54, 1.807) is 0 Å². The van der Waals surface area contributed by atoms with Crippen molar-refractivity contribution >= 4 is 0 Å². The van der Waals surface area contributed by atoms with Crippen molar-refractivity contribution in [3.63, 3.8) is 0 Å². The third-order valence-electron chi connectivity index (χ3n) is 4.47. The molecule has 1 heterocycles. The van der Waals surface area contributed by atoms with Gasteiger partial charge in [-0.25, -0.2) is 4.98 Å². The summed E-state index contributed by atoms with van der Waals surface area (Å²) in [7, 11) is 0. The Labute approximate surface area is 111 Å². The second-order valence-corrected chi connectivity index (χ2v) is 6.46. The molecule has 102 valence electrons. The van der Waals surface area contributed by atoms with Gasteiger partial charge in [0.15, 0.2) is 0 Å². The SMILES string of the molecule is CCNC1CCC(C)(C)CC1n1cnc(C)c1C. The summed E-state index contributed by atoms with van der Waals surface area (Å²) in [5, 5.41) is 3.66. The van der Waals surface area contributed by atoms with Crippen molar-refractivity contribution in [2.45, 2.75) is 66.0 Å². The van der Waals surface area contributed by atoms with Crippen LogP contribution in [0.25, 0.3) is 0 Å². The normalized spacial score (nSPS) is 27.4. The van der Waals surface area contributed by atoms with Gasteiger partial charge in [-0.2, -0.15) is 0 Å². The minimum Gasteiger partial charge on any atom is -0.330 e. The molecule has 1 aromatic heterocycles. The predicted octanol–water partition coefficient (Wildman–Crippen LogP) is 3.23. The first kappa shape index (κ1) is 13.6. The molecule has 1 N–H and O–H groups in total. The van der Waals surface area contributed by atoms with Crippen molar-refractivity contribution in [1.82, 2.24) is 14.9 Å². The number of hydrogen-bond donors (Lipinski definition) is 1. The fourth-order valence-corrected chi connectivity index (χ4v) is 3.19. The van der Waals surface area contributed by atoms with Gasteiger partial charge in [0.1, 0.15) is 0 Å². The molecule has 0 saturated heterocycles. The highest BCUT2D eigenvalue weighted by molar-refractivity contribution is 5.11. The Bertz CT molecular complexity index is 406. The van der Waals surface area contributed by atoms with Gasteiger partial charge in [0.2, 0.25) is 0 Å². The molecule has 0 spiro atoms. The number of nitrogens with one attached hydrogen (secondary N) is 1. The summed E-state index contributed by atoms with van der Waals surface area (Å²) < 4.78 is 2.39. The monoisotopic (exact) mass is 249 g/mol. The Morgan fingerprint density at radius 2 is 2.17 bits per heavy atom. The van der Waals surface area contributed by atoms with E-state index in [2.05, 4.69) is 49.5 Å². The first-order valence-electron chi connectivity index (χ1n) is 7.18. The minimum absolute atomic E-state index is 0.446. The van der Waals surface area contributed by atoms with Crippen LogP contribution in [0.15, 0.2) is 6.33 Å². The van der Waals surface area contributed by atoms with Gasteiger partial charge in [0.05, 0.1) is 18.1 Å². The van der Waals surface area contributed by atoms with Crippen LogP contribution < -0.4 is 5.32 Å². The van der Waals surface area contributed by atoms with Crippen LogP contribution in [0, 0.1) is 19.3 Å². The maximum Gasteiger partial charge on any atom is 0.0954 e. The van der Waals surface area contributed by atoms with E-state index in [4.69, 9.17) is 0 Å². The van der Waals surface area contributed by atoms with Crippen molar-refractivity contribution in [3.05, 3.63) is 17.7 Å². The van der Waals surface area contributed by atoms with Gasteiger partial charge in [-0.15, -0.1) is 0 Å². The summed E-state index contributed by atoms with van der Waals surface area (Å²) >= 11 is 0. The molecule has 0 radical (unpaired) electrons. The van der Waals surface area contributed by atoms with Gasteiger partial charge in [0, 0.05) is 11.7 Å². The molecule has 2 atom stereocenters. The zero-order valence-corrected chi connectivity index (χ0v) is 12.5. The lowest BCUT2D eigenvalue weighted by Gasteiger charge is -2.42. The summed E-state index contributed by atoms with van der Waals surface area (Å²) in [4.78, 5) is 4.47. The molecule has 1 saturated carbocycles. The molecule has 2 unspecified atom stereocenters. The molecule has 1 aliphatic carbocycles. The number of aryl methyl sites for hydroxylation is 1. The maximum absolute atomic E-state index is 4.47. The molecular weight excluding hydrogens is 222 g/mol. The Morgan fingerprint density at radius 3 is 2.72 bits per heavy atom. The van der Waals surface area contributed by atoms with Crippen molar-refractivity contribution < 1.29 is 0 Å². The third-order valence-corrected chi connectivity index (χ3v) is 4.47. The van der Waals surface area contributed by atoms with Crippen LogP contribution in [0.3, 0.4) is 0 Å². The van der Waals surface area contributed by atoms with Gasteiger partial charge in [0.25, 0.3) is 0 Å². The molecule has 2 rings (SSSR count). The van der Waals surface area contributed by atoms with Crippen molar-refractivity contribution in [2.24, 2.45) is 5.41 Å². The molecule has 0 aromatic carbocycles. The molecule has 18 heavy (non-hydrogen) atoms. The van der Waals surface area contributed by atoms with Crippen LogP contribution in [-0.4, -0.2) is 22.1 Å². The smallest absolute Gasteiger partial charge is 0.0954 e. The molecule has 1 aliphatic rings. The Kier molecular flexibility index (Phi) is 3.81. The average Bonchev–Trinajstić information content (AvgIpc) is 2.62. The van der Waals surface area contributed by atoms with E-state index in [9.17, 15) is 0 Å². The molecular formula is C15H27N3. The Balaban J connectivity index is 2.27. The van der Waals surface area contributed by atoms with Gasteiger partial charge in [-0.05, 0) is 45.1 Å². The lowest BCUT2D eigenvalue weighted by Crippen LogP contribution is -2.44. The largest absolute Gasteiger partial charge is 0.330 e. The lowest BCUT2D eigenvalue weighted by molar-refractivity contribution is 0.142. The van der Waals surface area contributed by atoms with E-state index < -0.39 is 0 Å². The van der Waals surface area contributed by atoms with Gasteiger partial charge < -0.3 is 9.88 Å². The first-order chi connectivity index (χ1) is 8.44. The van der Waals surface area contributed by atoms with Crippen LogP contribution in [0.1, 0.15) is 57.5 Å². The molecule has 1 aromatic rings. The maximum atomic E-state index is 4.47. The highest BCUT2D eigenvalue weighted by Crippen LogP contribution is 2.41. The molecule has 0 aliphatic heterocycles. The number of rotatable bonds is 3. The Morgan fingerprint density at radius 1 is 1.44 bits per heavy atom. The van der Waals surface area contributed by atoms with Gasteiger partial charge in [-0.3, -0.25) is 0 Å². The van der Waals surface area contributed by atoms with Crippen molar-refractivity contribution in [2.75, 3.05) is 6.54 Å². The summed E-state index contributed by atoms with van der Waals surface area (Å²) in [5.41, 5.74) is 2.93. The van der Waals surface area contributed by atoms with Gasteiger partial charge >= 0.3 is 0 Å².